The van der Waals surface area contributed by atoms with Crippen LogP contribution in [0.1, 0.15) is 26.2 Å². The quantitative estimate of drug-likeness (QED) is 0.417. The maximum atomic E-state index is 12.1. The number of hydrogen-bond donors (Lipinski definition) is 2. The number of aryl methyl sites for hydroxylation is 1. The van der Waals surface area contributed by atoms with Gasteiger partial charge >= 0.3 is 0 Å². The van der Waals surface area contributed by atoms with Crippen molar-refractivity contribution < 1.29 is 19.4 Å². The fourth-order valence-electron chi connectivity index (χ4n) is 4.44. The highest BCUT2D eigenvalue weighted by Crippen LogP contribution is 2.42. The van der Waals surface area contributed by atoms with Crippen molar-refractivity contribution >= 4 is 57.1 Å². The molecule has 1 amide bonds. The number of ether oxygens (including phenoxy) is 2. The lowest BCUT2D eigenvalue weighted by atomic mass is 9.93. The third-order valence-corrected chi connectivity index (χ3v) is 8.64. The minimum Gasteiger partial charge on any atom is -0.454 e. The molecule has 1 aromatic carbocycles. The van der Waals surface area contributed by atoms with Gasteiger partial charge in [0.15, 0.2) is 22.5 Å². The number of hydrogen-bond acceptors (Lipinski definition) is 8. The molecule has 5 rings (SSSR count). The number of nitrogens with two attached hydrogens (primary N) is 1. The van der Waals surface area contributed by atoms with Gasteiger partial charge < -0.3 is 29.8 Å². The Bertz CT molecular complexity index is 1230. The number of nitrogens with zero attached hydrogens (tertiary/aromatic N) is 4. The molecule has 2 aliphatic heterocycles. The van der Waals surface area contributed by atoms with Crippen molar-refractivity contribution in [1.29, 1.82) is 0 Å². The zero-order valence-electron chi connectivity index (χ0n) is 18.7. The first-order valence-corrected chi connectivity index (χ1v) is 13.1. The third-order valence-electron chi connectivity index (χ3n) is 6.33. The molecule has 2 aromatic heterocycles. The second-order valence-corrected chi connectivity index (χ2v) is 10.8. The number of aromatic nitrogens is 3. The van der Waals surface area contributed by atoms with Crippen LogP contribution in [0, 0.1) is 9.49 Å². The van der Waals surface area contributed by atoms with Crippen molar-refractivity contribution in [3.8, 4) is 11.5 Å². The molecule has 0 radical (unpaired) electrons. The van der Waals surface area contributed by atoms with E-state index in [9.17, 15) is 9.90 Å². The molecule has 0 aliphatic carbocycles. The summed E-state index contributed by atoms with van der Waals surface area (Å²) in [6.07, 6.45) is 3.60. The number of pyridine rings is 1. The van der Waals surface area contributed by atoms with E-state index in [0.29, 0.717) is 30.3 Å². The molecular weight excluding hydrogens is 569 g/mol. The van der Waals surface area contributed by atoms with E-state index in [-0.39, 0.29) is 12.7 Å². The van der Waals surface area contributed by atoms with E-state index in [2.05, 4.69) is 32.1 Å². The van der Waals surface area contributed by atoms with Crippen molar-refractivity contribution in [2.75, 3.05) is 25.6 Å². The Labute approximate surface area is 215 Å². The lowest BCUT2D eigenvalue weighted by molar-refractivity contribution is -0.140. The minimum absolute atomic E-state index is 0.181. The largest absolute Gasteiger partial charge is 0.454 e. The predicted molar refractivity (Wildman–Crippen MR) is 137 cm³/mol. The van der Waals surface area contributed by atoms with Gasteiger partial charge in [-0.1, -0.05) is 11.8 Å². The monoisotopic (exact) mass is 595 g/mol. The minimum atomic E-state index is -0.938. The number of rotatable bonds is 6. The van der Waals surface area contributed by atoms with Gasteiger partial charge in [0.25, 0.3) is 5.91 Å². The Morgan fingerprint density at radius 3 is 2.79 bits per heavy atom. The highest BCUT2D eigenvalue weighted by atomic mass is 127. The number of piperidine rings is 1. The van der Waals surface area contributed by atoms with Crippen LogP contribution in [0.2, 0.25) is 0 Å². The number of nitrogen functional groups attached to an aromatic ring is 1. The number of benzene rings is 1. The van der Waals surface area contributed by atoms with E-state index in [0.717, 1.165) is 56.4 Å². The fraction of sp³-hybridized carbons (Fsp3) is 0.435. The Kier molecular flexibility index (Phi) is 6.76. The molecule has 180 valence electrons. The van der Waals surface area contributed by atoms with Gasteiger partial charge in [-0.25, -0.2) is 9.97 Å². The molecule has 3 aromatic rings. The molecule has 0 bridgehead atoms. The van der Waals surface area contributed by atoms with Crippen LogP contribution in [-0.2, 0) is 11.3 Å². The topological polar surface area (TPSA) is 116 Å². The van der Waals surface area contributed by atoms with Crippen molar-refractivity contribution in [1.82, 2.24) is 19.4 Å². The number of imidazole rings is 1. The maximum absolute atomic E-state index is 12.1. The van der Waals surface area contributed by atoms with Crippen LogP contribution < -0.4 is 15.2 Å². The van der Waals surface area contributed by atoms with Gasteiger partial charge in [0, 0.05) is 34.3 Å². The molecule has 9 nitrogen and oxygen atoms in total. The smallest absolute Gasteiger partial charge is 0.251 e. The Balaban J connectivity index is 1.36. The maximum Gasteiger partial charge on any atom is 0.251 e. The average molecular weight is 595 g/mol. The Hall–Kier alpha value is -2.25. The van der Waals surface area contributed by atoms with Crippen LogP contribution in [0.3, 0.4) is 0 Å². The summed E-state index contributed by atoms with van der Waals surface area (Å²) >= 11 is 3.89. The van der Waals surface area contributed by atoms with E-state index in [1.807, 2.05) is 18.2 Å². The van der Waals surface area contributed by atoms with Crippen molar-refractivity contribution in [2.45, 2.75) is 48.9 Å². The number of halogens is 1. The molecule has 1 atom stereocenters. The van der Waals surface area contributed by atoms with E-state index in [1.54, 1.807) is 22.9 Å². The highest BCUT2D eigenvalue weighted by Gasteiger charge is 2.26. The first-order chi connectivity index (χ1) is 16.4. The second kappa shape index (κ2) is 9.78. The summed E-state index contributed by atoms with van der Waals surface area (Å²) in [5, 5.41) is 10.4. The number of amides is 1. The summed E-state index contributed by atoms with van der Waals surface area (Å²) in [4.78, 5) is 23.9. The molecule has 0 spiro atoms. The number of anilines is 1. The molecule has 1 saturated heterocycles. The molecule has 0 unspecified atom stereocenters. The van der Waals surface area contributed by atoms with Crippen LogP contribution in [0.25, 0.3) is 11.0 Å². The predicted octanol–water partition coefficient (Wildman–Crippen LogP) is 3.51. The normalized spacial score (nSPS) is 16.9. The van der Waals surface area contributed by atoms with Gasteiger partial charge in [0.1, 0.15) is 11.6 Å². The van der Waals surface area contributed by atoms with Gasteiger partial charge in [-0.15, -0.1) is 0 Å². The molecule has 3 N–H and O–H groups in total. The number of carbonyl (C=O) groups is 1. The first kappa shape index (κ1) is 23.5. The molecule has 2 aliphatic rings. The summed E-state index contributed by atoms with van der Waals surface area (Å²) in [6, 6.07) is 5.93. The lowest BCUT2D eigenvalue weighted by Crippen LogP contribution is -2.43. The average Bonchev–Trinajstić information content (AvgIpc) is 3.42. The van der Waals surface area contributed by atoms with Crippen LogP contribution in [0.15, 0.2) is 34.4 Å². The zero-order valence-corrected chi connectivity index (χ0v) is 21.7. The SMILES string of the molecule is C[C@H](O)C(=O)N1CCC(CCn2c(Sc3cc4c(cc3I)OCO4)nc3c(N)nccc32)CC1. The summed E-state index contributed by atoms with van der Waals surface area (Å²) < 4.78 is 14.3. The standard InChI is InChI=1S/C23H26IN5O4S/c1-13(30)22(31)28-7-3-14(4-8-28)5-9-29-16-2-6-26-21(25)20(16)27-23(29)34-19-11-18-17(10-15(19)24)32-12-33-18/h2,6,10-11,13-14,30H,3-5,7-9,12H2,1H3,(H2,25,26)/t13-/m0/s1. The molecule has 34 heavy (non-hydrogen) atoms. The molecule has 4 heterocycles. The van der Waals surface area contributed by atoms with Crippen LogP contribution >= 0.6 is 34.4 Å². The summed E-state index contributed by atoms with van der Waals surface area (Å²) in [7, 11) is 0. The first-order valence-electron chi connectivity index (χ1n) is 11.2. The van der Waals surface area contributed by atoms with Gasteiger partial charge in [-0.05, 0) is 72.9 Å². The van der Waals surface area contributed by atoms with Gasteiger partial charge in [-0.3, -0.25) is 4.79 Å². The van der Waals surface area contributed by atoms with Gasteiger partial charge in [0.05, 0.1) is 5.52 Å². The molecule has 1 fully saturated rings. The summed E-state index contributed by atoms with van der Waals surface area (Å²) in [5.74, 6) is 2.24. The molecule has 11 heteroatoms. The van der Waals surface area contributed by atoms with Crippen LogP contribution in [0.4, 0.5) is 5.82 Å². The molecular formula is C23H26IN5O4S. The number of likely N-dealkylation sites (tertiary alicyclic amines) is 1. The second-order valence-electron chi connectivity index (χ2n) is 8.58. The molecule has 0 saturated carbocycles. The fourth-order valence-corrected chi connectivity index (χ4v) is 6.16. The van der Waals surface area contributed by atoms with E-state index in [1.165, 1.54) is 6.92 Å². The summed E-state index contributed by atoms with van der Waals surface area (Å²) in [5.41, 5.74) is 7.82. The number of carbonyl (C=O) groups excluding carboxylic acids is 1. The highest BCUT2D eigenvalue weighted by molar-refractivity contribution is 14.1. The van der Waals surface area contributed by atoms with Crippen molar-refractivity contribution in [2.24, 2.45) is 5.92 Å². The Morgan fingerprint density at radius 2 is 2.06 bits per heavy atom. The van der Waals surface area contributed by atoms with Crippen molar-refractivity contribution in [3.63, 3.8) is 0 Å². The number of fused-ring (bicyclic) bond motifs is 2. The number of aliphatic hydroxyl groups excluding tert-OH is 1. The van der Waals surface area contributed by atoms with Gasteiger partial charge in [-0.2, -0.15) is 0 Å². The van der Waals surface area contributed by atoms with Gasteiger partial charge in [0.2, 0.25) is 6.79 Å². The van der Waals surface area contributed by atoms with Crippen LogP contribution in [0.5, 0.6) is 11.5 Å². The lowest BCUT2D eigenvalue weighted by Gasteiger charge is -2.32. The van der Waals surface area contributed by atoms with E-state index in [4.69, 9.17) is 20.2 Å². The summed E-state index contributed by atoms with van der Waals surface area (Å²) in [6.45, 7) is 3.93. The van der Waals surface area contributed by atoms with Crippen LogP contribution in [-0.4, -0.2) is 56.4 Å². The zero-order chi connectivity index (χ0) is 23.8. The van der Waals surface area contributed by atoms with E-state index >= 15 is 0 Å². The third kappa shape index (κ3) is 4.65. The van der Waals surface area contributed by atoms with Crippen molar-refractivity contribution in [3.05, 3.63) is 28.0 Å². The number of aliphatic hydroxyl groups is 1. The Morgan fingerprint density at radius 1 is 1.32 bits per heavy atom. The van der Waals surface area contributed by atoms with E-state index < -0.39 is 6.10 Å².